The lowest BCUT2D eigenvalue weighted by Crippen LogP contribution is -2.22. The van der Waals surface area contributed by atoms with Crippen molar-refractivity contribution in [1.82, 2.24) is 5.01 Å². The fraction of sp³-hybridized carbons (Fsp3) is 0.357. The fourth-order valence-electron chi connectivity index (χ4n) is 1.70. The van der Waals surface area contributed by atoms with Gasteiger partial charge in [0, 0.05) is 0 Å². The van der Waals surface area contributed by atoms with E-state index in [4.69, 9.17) is 21.7 Å². The van der Waals surface area contributed by atoms with Gasteiger partial charge in [0.1, 0.15) is 0 Å². The first-order valence-corrected chi connectivity index (χ1v) is 7.79. The standard InChI is InChI=1S/C14H16N2O3S2/c1-9(2)19-11-5-4-10(6-12(11)18-3)7-15-16-13(17)8-21-14(16)20/h4-7,9H,8H2,1-3H3/b15-7-. The van der Waals surface area contributed by atoms with Gasteiger partial charge in [0.2, 0.25) is 0 Å². The van der Waals surface area contributed by atoms with Crippen molar-refractivity contribution in [2.75, 3.05) is 12.9 Å². The molecule has 0 atom stereocenters. The van der Waals surface area contributed by atoms with Gasteiger partial charge in [-0.1, -0.05) is 24.0 Å². The summed E-state index contributed by atoms with van der Waals surface area (Å²) in [4.78, 5) is 11.6. The monoisotopic (exact) mass is 324 g/mol. The molecule has 1 saturated heterocycles. The largest absolute Gasteiger partial charge is 0.493 e. The highest BCUT2D eigenvalue weighted by Gasteiger charge is 2.25. The van der Waals surface area contributed by atoms with E-state index in [0.29, 0.717) is 21.6 Å². The van der Waals surface area contributed by atoms with Crippen LogP contribution in [0.15, 0.2) is 23.3 Å². The predicted molar refractivity (Wildman–Crippen MR) is 88.3 cm³/mol. The molecule has 0 N–H and O–H groups in total. The van der Waals surface area contributed by atoms with Gasteiger partial charge in [0.25, 0.3) is 5.91 Å². The van der Waals surface area contributed by atoms with Gasteiger partial charge in [-0.2, -0.15) is 10.1 Å². The summed E-state index contributed by atoms with van der Waals surface area (Å²) in [5, 5.41) is 5.36. The molecular formula is C14H16N2O3S2. The Hall–Kier alpha value is -1.60. The summed E-state index contributed by atoms with van der Waals surface area (Å²) in [5.41, 5.74) is 0.801. The highest BCUT2D eigenvalue weighted by atomic mass is 32.2. The number of hydrogen-bond donors (Lipinski definition) is 0. The van der Waals surface area contributed by atoms with Crippen LogP contribution in [0.25, 0.3) is 0 Å². The van der Waals surface area contributed by atoms with Crippen molar-refractivity contribution >= 4 is 40.4 Å². The first kappa shape index (κ1) is 15.8. The molecule has 1 aliphatic rings. The highest BCUT2D eigenvalue weighted by Crippen LogP contribution is 2.28. The van der Waals surface area contributed by atoms with Gasteiger partial charge in [-0.25, -0.2) is 0 Å². The molecule has 21 heavy (non-hydrogen) atoms. The summed E-state index contributed by atoms with van der Waals surface area (Å²) in [7, 11) is 1.58. The third kappa shape index (κ3) is 3.95. The quantitative estimate of drug-likeness (QED) is 0.616. The van der Waals surface area contributed by atoms with Crippen molar-refractivity contribution in [2.24, 2.45) is 5.10 Å². The molecule has 2 rings (SSSR count). The average Bonchev–Trinajstić information content (AvgIpc) is 2.76. The van der Waals surface area contributed by atoms with E-state index in [-0.39, 0.29) is 12.0 Å². The van der Waals surface area contributed by atoms with Crippen molar-refractivity contribution in [3.05, 3.63) is 23.8 Å². The number of thiocarbonyl (C=S) groups is 1. The topological polar surface area (TPSA) is 51.1 Å². The van der Waals surface area contributed by atoms with Crippen molar-refractivity contribution in [1.29, 1.82) is 0 Å². The zero-order valence-corrected chi connectivity index (χ0v) is 13.7. The third-order valence-electron chi connectivity index (χ3n) is 2.60. The molecule has 0 aromatic heterocycles. The lowest BCUT2D eigenvalue weighted by Gasteiger charge is -2.13. The number of ether oxygens (including phenoxy) is 2. The maximum absolute atomic E-state index is 11.6. The summed E-state index contributed by atoms with van der Waals surface area (Å²) in [6.45, 7) is 3.90. The van der Waals surface area contributed by atoms with Crippen LogP contribution in [0.3, 0.4) is 0 Å². The van der Waals surface area contributed by atoms with Crippen molar-refractivity contribution in [3.8, 4) is 11.5 Å². The zero-order valence-electron chi connectivity index (χ0n) is 12.0. The Balaban J connectivity index is 2.17. The molecule has 0 bridgehead atoms. The number of amides is 1. The normalized spacial score (nSPS) is 15.3. The van der Waals surface area contributed by atoms with E-state index < -0.39 is 0 Å². The number of nitrogens with zero attached hydrogens (tertiary/aromatic N) is 2. The Kier molecular flexibility index (Phi) is 5.19. The Morgan fingerprint density at radius 1 is 1.43 bits per heavy atom. The molecule has 1 heterocycles. The van der Waals surface area contributed by atoms with Crippen LogP contribution in [0.1, 0.15) is 19.4 Å². The number of hydrazone groups is 1. The van der Waals surface area contributed by atoms with E-state index in [0.717, 1.165) is 5.56 Å². The van der Waals surface area contributed by atoms with Gasteiger partial charge in [-0.3, -0.25) is 4.79 Å². The molecular weight excluding hydrogens is 308 g/mol. The summed E-state index contributed by atoms with van der Waals surface area (Å²) in [5.74, 6) is 1.54. The van der Waals surface area contributed by atoms with Crippen LogP contribution >= 0.6 is 24.0 Å². The maximum Gasteiger partial charge on any atom is 0.259 e. The number of benzene rings is 1. The van der Waals surface area contributed by atoms with Gasteiger partial charge in [-0.05, 0) is 37.6 Å². The molecule has 0 radical (unpaired) electrons. The Morgan fingerprint density at radius 3 is 2.76 bits per heavy atom. The van der Waals surface area contributed by atoms with E-state index in [1.165, 1.54) is 16.8 Å². The maximum atomic E-state index is 11.6. The third-order valence-corrected chi connectivity index (χ3v) is 3.94. The number of hydrogen-bond acceptors (Lipinski definition) is 6. The minimum atomic E-state index is -0.104. The minimum Gasteiger partial charge on any atom is -0.493 e. The van der Waals surface area contributed by atoms with E-state index >= 15 is 0 Å². The second-order valence-corrected chi connectivity index (χ2v) is 6.19. The average molecular weight is 324 g/mol. The minimum absolute atomic E-state index is 0.0648. The van der Waals surface area contributed by atoms with Crippen LogP contribution in [0.5, 0.6) is 11.5 Å². The van der Waals surface area contributed by atoms with Gasteiger partial charge < -0.3 is 9.47 Å². The van der Waals surface area contributed by atoms with Gasteiger partial charge in [0.15, 0.2) is 15.8 Å². The van der Waals surface area contributed by atoms with Gasteiger partial charge >= 0.3 is 0 Å². The number of methoxy groups -OCH3 is 1. The van der Waals surface area contributed by atoms with Crippen LogP contribution in [0, 0.1) is 0 Å². The SMILES string of the molecule is COc1cc(/C=N\N2C(=O)CSC2=S)ccc1OC(C)C. The lowest BCUT2D eigenvalue weighted by atomic mass is 10.2. The smallest absolute Gasteiger partial charge is 0.259 e. The second-order valence-electron chi connectivity index (χ2n) is 4.58. The van der Waals surface area contributed by atoms with Crippen LogP contribution in [0.2, 0.25) is 0 Å². The van der Waals surface area contributed by atoms with E-state index in [1.807, 2.05) is 26.0 Å². The number of carbonyl (C=O) groups excluding carboxylic acids is 1. The Morgan fingerprint density at radius 2 is 2.19 bits per heavy atom. The number of carbonyl (C=O) groups is 1. The fourth-order valence-corrected chi connectivity index (χ4v) is 2.67. The van der Waals surface area contributed by atoms with Crippen molar-refractivity contribution < 1.29 is 14.3 Å². The molecule has 0 unspecified atom stereocenters. The van der Waals surface area contributed by atoms with E-state index in [9.17, 15) is 4.79 Å². The van der Waals surface area contributed by atoms with E-state index in [2.05, 4.69) is 5.10 Å². The summed E-state index contributed by atoms with van der Waals surface area (Å²) >= 11 is 6.37. The molecule has 0 aliphatic carbocycles. The lowest BCUT2D eigenvalue weighted by molar-refractivity contribution is -0.123. The van der Waals surface area contributed by atoms with Crippen molar-refractivity contribution in [2.45, 2.75) is 20.0 Å². The molecule has 112 valence electrons. The van der Waals surface area contributed by atoms with Crippen LogP contribution < -0.4 is 9.47 Å². The molecule has 1 fully saturated rings. The zero-order chi connectivity index (χ0) is 15.4. The first-order valence-electron chi connectivity index (χ1n) is 6.39. The molecule has 0 spiro atoms. The van der Waals surface area contributed by atoms with Crippen LogP contribution in [-0.2, 0) is 4.79 Å². The van der Waals surface area contributed by atoms with Gasteiger partial charge in [0.05, 0.1) is 25.2 Å². The molecule has 5 nitrogen and oxygen atoms in total. The Bertz CT molecular complexity index is 572. The van der Waals surface area contributed by atoms with Gasteiger partial charge in [-0.15, -0.1) is 0 Å². The molecule has 1 aromatic carbocycles. The molecule has 1 aliphatic heterocycles. The van der Waals surface area contributed by atoms with Crippen LogP contribution in [-0.4, -0.2) is 40.4 Å². The second kappa shape index (κ2) is 6.91. The summed E-state index contributed by atoms with van der Waals surface area (Å²) < 4.78 is 11.4. The number of rotatable bonds is 5. The molecule has 7 heteroatoms. The molecule has 1 aromatic rings. The van der Waals surface area contributed by atoms with Crippen molar-refractivity contribution in [3.63, 3.8) is 0 Å². The first-order chi connectivity index (χ1) is 10.0. The highest BCUT2D eigenvalue weighted by molar-refractivity contribution is 8.23. The van der Waals surface area contributed by atoms with E-state index in [1.54, 1.807) is 19.4 Å². The summed E-state index contributed by atoms with van der Waals surface area (Å²) in [6, 6.07) is 5.47. The number of thioether (sulfide) groups is 1. The predicted octanol–water partition coefficient (Wildman–Crippen LogP) is 2.68. The Labute approximate surface area is 133 Å². The van der Waals surface area contributed by atoms with Crippen LogP contribution in [0.4, 0.5) is 0 Å². The molecule has 1 amide bonds. The summed E-state index contributed by atoms with van der Waals surface area (Å²) in [6.07, 6.45) is 1.65. The molecule has 0 saturated carbocycles.